The number of hydrogen-bond acceptors (Lipinski definition) is 7. The van der Waals surface area contributed by atoms with Gasteiger partial charge in [0, 0.05) is 17.8 Å². The summed E-state index contributed by atoms with van der Waals surface area (Å²) in [5.41, 5.74) is 0.367. The van der Waals surface area contributed by atoms with Gasteiger partial charge in [0.2, 0.25) is 12.7 Å². The second-order valence-electron chi connectivity index (χ2n) is 7.24. The molecular formula is C23H20ClFN2O7S. The predicted molar refractivity (Wildman–Crippen MR) is 127 cm³/mol. The van der Waals surface area contributed by atoms with E-state index in [1.165, 1.54) is 38.5 Å². The fraction of sp³-hybridized carbons (Fsp3) is 0.174. The van der Waals surface area contributed by atoms with E-state index >= 15 is 0 Å². The molecular weight excluding hydrogens is 503 g/mol. The quantitative estimate of drug-likeness (QED) is 0.476. The molecule has 1 amide bonds. The monoisotopic (exact) mass is 522 g/mol. The van der Waals surface area contributed by atoms with Crippen LogP contribution >= 0.6 is 11.6 Å². The molecule has 0 atom stereocenters. The number of methoxy groups -OCH3 is 2. The molecule has 0 aliphatic carbocycles. The molecule has 4 rings (SSSR count). The van der Waals surface area contributed by atoms with Crippen LogP contribution in [0.2, 0.25) is 5.02 Å². The highest BCUT2D eigenvalue weighted by atomic mass is 35.5. The Kier molecular flexibility index (Phi) is 6.90. The number of ether oxygens (including phenoxy) is 4. The zero-order valence-corrected chi connectivity index (χ0v) is 20.2. The number of anilines is 2. The standard InChI is InChI=1S/C23H20ClFN2O7S/c1-31-19-8-5-16(11-21(19)32-2)35(29,30)27(15-4-6-18(25)17(24)10-15)12-23(28)26-14-3-7-20-22(9-14)34-13-33-20/h3-11H,12-13H2,1-2H3,(H,26,28). The van der Waals surface area contributed by atoms with E-state index in [4.69, 9.17) is 30.5 Å². The molecule has 0 unspecified atom stereocenters. The van der Waals surface area contributed by atoms with Gasteiger partial charge < -0.3 is 24.3 Å². The van der Waals surface area contributed by atoms with Gasteiger partial charge >= 0.3 is 0 Å². The highest BCUT2D eigenvalue weighted by Gasteiger charge is 2.29. The van der Waals surface area contributed by atoms with Gasteiger partial charge in [0.25, 0.3) is 10.0 Å². The Morgan fingerprint density at radius 2 is 1.77 bits per heavy atom. The maximum atomic E-state index is 13.8. The number of fused-ring (bicyclic) bond motifs is 1. The van der Waals surface area contributed by atoms with Gasteiger partial charge in [-0.05, 0) is 42.5 Å². The van der Waals surface area contributed by atoms with E-state index in [1.807, 2.05) is 0 Å². The van der Waals surface area contributed by atoms with E-state index in [-0.39, 0.29) is 28.1 Å². The van der Waals surface area contributed by atoms with Gasteiger partial charge in [-0.15, -0.1) is 0 Å². The Bertz CT molecular complexity index is 1380. The lowest BCUT2D eigenvalue weighted by Crippen LogP contribution is -2.38. The summed E-state index contributed by atoms with van der Waals surface area (Å²) in [6, 6.07) is 12.1. The van der Waals surface area contributed by atoms with E-state index in [1.54, 1.807) is 18.2 Å². The van der Waals surface area contributed by atoms with Crippen LogP contribution in [0.3, 0.4) is 0 Å². The van der Waals surface area contributed by atoms with E-state index in [0.717, 1.165) is 16.4 Å². The number of hydrogen-bond donors (Lipinski definition) is 1. The third kappa shape index (κ3) is 5.05. The fourth-order valence-corrected chi connectivity index (χ4v) is 4.97. The van der Waals surface area contributed by atoms with Crippen LogP contribution in [0.1, 0.15) is 0 Å². The van der Waals surface area contributed by atoms with Crippen molar-refractivity contribution in [3.63, 3.8) is 0 Å². The lowest BCUT2D eigenvalue weighted by molar-refractivity contribution is -0.114. The minimum Gasteiger partial charge on any atom is -0.493 e. The molecule has 0 saturated carbocycles. The molecule has 184 valence electrons. The number of carbonyl (C=O) groups excluding carboxylic acids is 1. The van der Waals surface area contributed by atoms with Gasteiger partial charge in [0.15, 0.2) is 23.0 Å². The maximum absolute atomic E-state index is 13.8. The Labute approximate surface area is 206 Å². The van der Waals surface area contributed by atoms with Crippen molar-refractivity contribution in [2.24, 2.45) is 0 Å². The second-order valence-corrected chi connectivity index (χ2v) is 9.51. The normalized spacial score (nSPS) is 12.2. The number of nitrogens with zero attached hydrogens (tertiary/aromatic N) is 1. The summed E-state index contributed by atoms with van der Waals surface area (Å²) in [5.74, 6) is 0.0837. The zero-order valence-electron chi connectivity index (χ0n) is 18.6. The number of nitrogens with one attached hydrogen (secondary N) is 1. The van der Waals surface area contributed by atoms with Crippen LogP contribution in [-0.2, 0) is 14.8 Å². The third-order valence-electron chi connectivity index (χ3n) is 5.08. The van der Waals surface area contributed by atoms with Crippen LogP contribution in [0.25, 0.3) is 0 Å². The minimum atomic E-state index is -4.33. The Hall–Kier alpha value is -3.70. The summed E-state index contributed by atoms with van der Waals surface area (Å²) in [4.78, 5) is 12.7. The molecule has 1 heterocycles. The molecule has 0 aromatic heterocycles. The summed E-state index contributed by atoms with van der Waals surface area (Å²) < 4.78 is 62.8. The van der Waals surface area contributed by atoms with Crippen molar-refractivity contribution in [2.45, 2.75) is 4.90 Å². The maximum Gasteiger partial charge on any atom is 0.264 e. The predicted octanol–water partition coefficient (Wildman–Crippen LogP) is 4.06. The largest absolute Gasteiger partial charge is 0.493 e. The zero-order chi connectivity index (χ0) is 25.2. The van der Waals surface area contributed by atoms with Crippen LogP contribution in [0.4, 0.5) is 15.8 Å². The number of halogens is 2. The molecule has 35 heavy (non-hydrogen) atoms. The number of benzene rings is 3. The first-order valence-electron chi connectivity index (χ1n) is 10.1. The van der Waals surface area contributed by atoms with E-state index < -0.39 is 28.3 Å². The van der Waals surface area contributed by atoms with E-state index in [2.05, 4.69) is 5.32 Å². The molecule has 9 nitrogen and oxygen atoms in total. The van der Waals surface area contributed by atoms with E-state index in [9.17, 15) is 17.6 Å². The van der Waals surface area contributed by atoms with Crippen molar-refractivity contribution in [2.75, 3.05) is 37.2 Å². The van der Waals surface area contributed by atoms with Gasteiger partial charge in [-0.25, -0.2) is 12.8 Å². The summed E-state index contributed by atoms with van der Waals surface area (Å²) in [6.07, 6.45) is 0. The highest BCUT2D eigenvalue weighted by molar-refractivity contribution is 7.92. The molecule has 0 radical (unpaired) electrons. The highest BCUT2D eigenvalue weighted by Crippen LogP contribution is 2.35. The number of amides is 1. The molecule has 1 N–H and O–H groups in total. The van der Waals surface area contributed by atoms with Crippen molar-refractivity contribution in [1.29, 1.82) is 0 Å². The Morgan fingerprint density at radius 3 is 2.49 bits per heavy atom. The lowest BCUT2D eigenvalue weighted by Gasteiger charge is -2.25. The molecule has 3 aromatic carbocycles. The third-order valence-corrected chi connectivity index (χ3v) is 7.14. The van der Waals surface area contributed by atoms with Crippen molar-refractivity contribution in [3.05, 3.63) is 65.4 Å². The van der Waals surface area contributed by atoms with Gasteiger partial charge in [-0.2, -0.15) is 0 Å². The first-order valence-corrected chi connectivity index (χ1v) is 11.9. The lowest BCUT2D eigenvalue weighted by atomic mass is 10.2. The van der Waals surface area contributed by atoms with Gasteiger partial charge in [0.1, 0.15) is 12.4 Å². The van der Waals surface area contributed by atoms with Gasteiger partial charge in [-0.3, -0.25) is 9.10 Å². The van der Waals surface area contributed by atoms with Crippen LogP contribution in [0.5, 0.6) is 23.0 Å². The Balaban J connectivity index is 1.68. The smallest absolute Gasteiger partial charge is 0.264 e. The summed E-state index contributed by atoms with van der Waals surface area (Å²) >= 11 is 5.90. The number of carbonyl (C=O) groups is 1. The molecule has 12 heteroatoms. The topological polar surface area (TPSA) is 103 Å². The van der Waals surface area contributed by atoms with Crippen molar-refractivity contribution >= 4 is 38.9 Å². The average molecular weight is 523 g/mol. The van der Waals surface area contributed by atoms with Crippen molar-refractivity contribution < 1.29 is 36.6 Å². The first-order chi connectivity index (χ1) is 16.7. The SMILES string of the molecule is COc1ccc(S(=O)(=O)N(CC(=O)Nc2ccc3c(c2)OCO3)c2ccc(F)c(Cl)c2)cc1OC. The summed E-state index contributed by atoms with van der Waals surface area (Å²) in [5, 5.41) is 2.33. The Morgan fingerprint density at radius 1 is 1.03 bits per heavy atom. The summed E-state index contributed by atoms with van der Waals surface area (Å²) in [7, 11) is -1.55. The number of sulfonamides is 1. The van der Waals surface area contributed by atoms with Crippen molar-refractivity contribution in [1.82, 2.24) is 0 Å². The molecule has 0 saturated heterocycles. The average Bonchev–Trinajstić information content (AvgIpc) is 3.31. The molecule has 0 spiro atoms. The minimum absolute atomic E-state index is 0.00739. The van der Waals surface area contributed by atoms with Gasteiger partial charge in [-0.1, -0.05) is 11.6 Å². The molecule has 0 fully saturated rings. The summed E-state index contributed by atoms with van der Waals surface area (Å²) in [6.45, 7) is -0.567. The molecule has 1 aliphatic heterocycles. The van der Waals surface area contributed by atoms with Crippen molar-refractivity contribution in [3.8, 4) is 23.0 Å². The second kappa shape index (κ2) is 9.88. The molecule has 3 aromatic rings. The first kappa shape index (κ1) is 24.4. The fourth-order valence-electron chi connectivity index (χ4n) is 3.36. The van der Waals surface area contributed by atoms with Gasteiger partial charge in [0.05, 0.1) is 29.8 Å². The molecule has 1 aliphatic rings. The number of rotatable bonds is 8. The molecule has 0 bridgehead atoms. The van der Waals surface area contributed by atoms with Crippen LogP contribution in [0.15, 0.2) is 59.5 Å². The van der Waals surface area contributed by atoms with Crippen LogP contribution < -0.4 is 28.6 Å². The van der Waals surface area contributed by atoms with E-state index in [0.29, 0.717) is 22.9 Å². The van der Waals surface area contributed by atoms with Crippen LogP contribution in [-0.4, -0.2) is 41.9 Å². The van der Waals surface area contributed by atoms with Crippen LogP contribution in [0, 0.1) is 5.82 Å².